The van der Waals surface area contributed by atoms with Crippen molar-refractivity contribution < 1.29 is 22.7 Å². The number of halogens is 1. The van der Waals surface area contributed by atoms with Crippen LogP contribution in [0.3, 0.4) is 0 Å². The summed E-state index contributed by atoms with van der Waals surface area (Å²) >= 11 is 5.97. The molecule has 0 saturated heterocycles. The summed E-state index contributed by atoms with van der Waals surface area (Å²) in [6.07, 6.45) is 1.45. The predicted octanol–water partition coefficient (Wildman–Crippen LogP) is 2.36. The fraction of sp³-hybridized carbons (Fsp3) is 0.111. The maximum absolute atomic E-state index is 13.1. The molecule has 0 unspecified atom stereocenters. The van der Waals surface area contributed by atoms with Crippen LogP contribution in [0.5, 0.6) is 0 Å². The Hall–Kier alpha value is -2.84. The molecule has 0 aliphatic carbocycles. The number of nitrogens with two attached hydrogens (primary N) is 1. The van der Waals surface area contributed by atoms with Crippen molar-refractivity contribution in [2.75, 3.05) is 17.5 Å². The number of nitrogens with zero attached hydrogens (tertiary/aromatic N) is 1. The van der Waals surface area contributed by atoms with Crippen molar-refractivity contribution in [1.29, 1.82) is 0 Å². The van der Waals surface area contributed by atoms with Gasteiger partial charge >= 0.3 is 5.97 Å². The van der Waals surface area contributed by atoms with Gasteiger partial charge in [-0.2, -0.15) is 0 Å². The maximum Gasteiger partial charge on any atom is 0.340 e. The topological polar surface area (TPSA) is 107 Å². The van der Waals surface area contributed by atoms with Crippen molar-refractivity contribution in [2.24, 2.45) is 5.73 Å². The molecule has 0 heterocycles. The van der Waals surface area contributed by atoms with Gasteiger partial charge in [-0.1, -0.05) is 35.9 Å². The summed E-state index contributed by atoms with van der Waals surface area (Å²) < 4.78 is 32.0. The molecule has 2 N–H and O–H groups in total. The molecule has 0 aromatic heterocycles. The highest BCUT2D eigenvalue weighted by Crippen LogP contribution is 2.27. The summed E-state index contributed by atoms with van der Waals surface area (Å²) in [5.41, 5.74) is 5.18. The average Bonchev–Trinajstić information content (AvgIpc) is 2.64. The smallest absolute Gasteiger partial charge is 0.340 e. The van der Waals surface area contributed by atoms with Crippen LogP contribution < -0.4 is 10.0 Å². The molecule has 0 aliphatic heterocycles. The number of carbonyl (C=O) groups is 2. The molecule has 0 aliphatic rings. The van der Waals surface area contributed by atoms with E-state index < -0.39 is 28.5 Å². The molecule has 0 radical (unpaired) electrons. The van der Waals surface area contributed by atoms with E-state index in [0.29, 0.717) is 5.69 Å². The molecule has 0 fully saturated rings. The minimum absolute atomic E-state index is 0.0154. The van der Waals surface area contributed by atoms with E-state index in [1.165, 1.54) is 18.2 Å². The number of anilines is 1. The van der Waals surface area contributed by atoms with Gasteiger partial charge in [0.15, 0.2) is 6.61 Å². The van der Waals surface area contributed by atoms with Crippen LogP contribution in [0.4, 0.5) is 5.69 Å². The second kappa shape index (κ2) is 8.70. The van der Waals surface area contributed by atoms with Crippen LogP contribution in [0.15, 0.2) is 66.1 Å². The van der Waals surface area contributed by atoms with E-state index in [9.17, 15) is 18.0 Å². The number of sulfonamides is 1. The van der Waals surface area contributed by atoms with Crippen LogP contribution in [0.2, 0.25) is 5.02 Å². The van der Waals surface area contributed by atoms with Gasteiger partial charge in [0.05, 0.1) is 27.7 Å². The van der Waals surface area contributed by atoms with Gasteiger partial charge in [-0.15, -0.1) is 6.58 Å². The SMILES string of the molecule is C=CCN(c1ccccc1)S(=O)(=O)c1ccc(Cl)c(C(=O)OCC(N)=O)c1. The Balaban J connectivity index is 2.45. The zero-order valence-corrected chi connectivity index (χ0v) is 15.7. The molecule has 0 saturated carbocycles. The van der Waals surface area contributed by atoms with E-state index in [1.54, 1.807) is 30.3 Å². The Labute approximate surface area is 162 Å². The van der Waals surface area contributed by atoms with Crippen LogP contribution in [0.1, 0.15) is 10.4 Å². The maximum atomic E-state index is 13.1. The van der Waals surface area contributed by atoms with Gasteiger partial charge in [0.25, 0.3) is 15.9 Å². The lowest BCUT2D eigenvalue weighted by molar-refractivity contribution is -0.121. The molecule has 0 atom stereocenters. The molecule has 0 bridgehead atoms. The molecule has 9 heteroatoms. The quantitative estimate of drug-likeness (QED) is 0.533. The first kappa shape index (κ1) is 20.5. The van der Waals surface area contributed by atoms with Crippen molar-refractivity contribution in [3.63, 3.8) is 0 Å². The van der Waals surface area contributed by atoms with Crippen molar-refractivity contribution in [3.05, 3.63) is 71.8 Å². The first-order chi connectivity index (χ1) is 12.8. The fourth-order valence-electron chi connectivity index (χ4n) is 2.22. The second-order valence-corrected chi connectivity index (χ2v) is 7.61. The van der Waals surface area contributed by atoms with Gasteiger partial charge in [0.2, 0.25) is 0 Å². The largest absolute Gasteiger partial charge is 0.452 e. The Morgan fingerprint density at radius 3 is 2.44 bits per heavy atom. The number of hydrogen-bond acceptors (Lipinski definition) is 5. The van der Waals surface area contributed by atoms with E-state index >= 15 is 0 Å². The van der Waals surface area contributed by atoms with Gasteiger partial charge in [0.1, 0.15) is 0 Å². The summed E-state index contributed by atoms with van der Waals surface area (Å²) in [4.78, 5) is 22.7. The Kier molecular flexibility index (Phi) is 6.59. The molecule has 1 amide bonds. The normalized spacial score (nSPS) is 10.9. The predicted molar refractivity (Wildman–Crippen MR) is 102 cm³/mol. The summed E-state index contributed by atoms with van der Waals surface area (Å²) in [5, 5.41) is -0.0154. The number of carbonyl (C=O) groups excluding carboxylic acids is 2. The first-order valence-electron chi connectivity index (χ1n) is 7.71. The highest BCUT2D eigenvalue weighted by molar-refractivity contribution is 7.92. The van der Waals surface area contributed by atoms with Crippen LogP contribution >= 0.6 is 11.6 Å². The van der Waals surface area contributed by atoms with Crippen LogP contribution in [-0.2, 0) is 19.6 Å². The third kappa shape index (κ3) is 4.87. The van der Waals surface area contributed by atoms with Gasteiger partial charge in [-0.25, -0.2) is 13.2 Å². The Morgan fingerprint density at radius 2 is 1.85 bits per heavy atom. The van der Waals surface area contributed by atoms with E-state index in [2.05, 4.69) is 6.58 Å². The van der Waals surface area contributed by atoms with Crippen molar-refractivity contribution >= 4 is 39.2 Å². The third-order valence-electron chi connectivity index (χ3n) is 3.43. The number of amides is 1. The van der Waals surface area contributed by atoms with Crippen LogP contribution in [0, 0.1) is 0 Å². The van der Waals surface area contributed by atoms with Crippen molar-refractivity contribution in [1.82, 2.24) is 0 Å². The molecular weight excluding hydrogens is 392 g/mol. The lowest BCUT2D eigenvalue weighted by Gasteiger charge is -2.23. The third-order valence-corrected chi connectivity index (χ3v) is 5.55. The molecular formula is C18H17ClN2O5S. The number of hydrogen-bond donors (Lipinski definition) is 1. The number of para-hydroxylation sites is 1. The average molecular weight is 409 g/mol. The highest BCUT2D eigenvalue weighted by atomic mass is 35.5. The van der Waals surface area contributed by atoms with Crippen LogP contribution in [0.25, 0.3) is 0 Å². The lowest BCUT2D eigenvalue weighted by atomic mass is 10.2. The van der Waals surface area contributed by atoms with Gasteiger partial charge in [-0.3, -0.25) is 9.10 Å². The van der Waals surface area contributed by atoms with Crippen LogP contribution in [-0.4, -0.2) is 33.4 Å². The summed E-state index contributed by atoms with van der Waals surface area (Å²) in [7, 11) is -4.02. The molecule has 27 heavy (non-hydrogen) atoms. The molecule has 7 nitrogen and oxygen atoms in total. The fourth-order valence-corrected chi connectivity index (χ4v) is 3.87. The molecule has 0 spiro atoms. The first-order valence-corrected chi connectivity index (χ1v) is 9.53. The molecule has 2 aromatic carbocycles. The molecule has 142 valence electrons. The lowest BCUT2D eigenvalue weighted by Crippen LogP contribution is -2.31. The van der Waals surface area contributed by atoms with Crippen molar-refractivity contribution in [3.8, 4) is 0 Å². The zero-order chi connectivity index (χ0) is 20.0. The number of esters is 1. The number of rotatable bonds is 8. The zero-order valence-electron chi connectivity index (χ0n) is 14.2. The number of primary amides is 1. The van der Waals surface area contributed by atoms with Crippen molar-refractivity contribution in [2.45, 2.75) is 4.90 Å². The minimum Gasteiger partial charge on any atom is -0.452 e. The Bertz CT molecular complexity index is 961. The van der Waals surface area contributed by atoms with E-state index in [1.807, 2.05) is 0 Å². The number of benzene rings is 2. The van der Waals surface area contributed by atoms with E-state index in [-0.39, 0.29) is 22.0 Å². The molecule has 2 rings (SSSR count). The molecule has 2 aromatic rings. The van der Waals surface area contributed by atoms with Gasteiger partial charge in [0, 0.05) is 0 Å². The minimum atomic E-state index is -4.02. The Morgan fingerprint density at radius 1 is 1.19 bits per heavy atom. The summed E-state index contributed by atoms with van der Waals surface area (Å²) in [6, 6.07) is 12.1. The second-order valence-electron chi connectivity index (χ2n) is 5.34. The summed E-state index contributed by atoms with van der Waals surface area (Å²) in [5.74, 6) is -1.80. The standard InChI is InChI=1S/C18H17ClN2O5S/c1-2-10-21(13-6-4-3-5-7-13)27(24,25)14-8-9-16(19)15(11-14)18(23)26-12-17(20)22/h2-9,11H,1,10,12H2,(H2,20,22). The highest BCUT2D eigenvalue weighted by Gasteiger charge is 2.26. The summed E-state index contributed by atoms with van der Waals surface area (Å²) in [6.45, 7) is 2.97. The monoisotopic (exact) mass is 408 g/mol. The van der Waals surface area contributed by atoms with Gasteiger partial charge < -0.3 is 10.5 Å². The van der Waals surface area contributed by atoms with Gasteiger partial charge in [-0.05, 0) is 30.3 Å². The van der Waals surface area contributed by atoms with E-state index in [4.69, 9.17) is 22.1 Å². The number of ether oxygens (including phenoxy) is 1. The van der Waals surface area contributed by atoms with E-state index in [0.717, 1.165) is 10.4 Å².